The SMILES string of the molecule is Cc1occc1Sc1ccc([N+](=O)[O-])cc1CO. The highest BCUT2D eigenvalue weighted by Gasteiger charge is 2.12. The zero-order valence-electron chi connectivity index (χ0n) is 9.62. The van der Waals surface area contributed by atoms with Crippen LogP contribution in [0.1, 0.15) is 11.3 Å². The van der Waals surface area contributed by atoms with Crippen LogP contribution < -0.4 is 0 Å². The number of non-ortho nitro benzene ring substituents is 1. The van der Waals surface area contributed by atoms with Crippen LogP contribution in [0.25, 0.3) is 0 Å². The number of hydrogen-bond donors (Lipinski definition) is 1. The molecule has 0 saturated heterocycles. The van der Waals surface area contributed by atoms with E-state index >= 15 is 0 Å². The second-order valence-corrected chi connectivity index (χ2v) is 4.73. The molecule has 5 nitrogen and oxygen atoms in total. The topological polar surface area (TPSA) is 76.5 Å². The number of nitro groups is 1. The van der Waals surface area contributed by atoms with Gasteiger partial charge in [-0.15, -0.1) is 0 Å². The maximum Gasteiger partial charge on any atom is 0.269 e. The first kappa shape index (κ1) is 12.7. The Hall–Kier alpha value is -1.79. The van der Waals surface area contributed by atoms with Crippen LogP contribution >= 0.6 is 11.8 Å². The normalized spacial score (nSPS) is 10.6. The molecule has 0 fully saturated rings. The molecule has 0 aliphatic heterocycles. The van der Waals surface area contributed by atoms with Crippen LogP contribution in [0.4, 0.5) is 5.69 Å². The minimum absolute atomic E-state index is 0.0210. The molecule has 0 aliphatic carbocycles. The van der Waals surface area contributed by atoms with E-state index in [1.807, 2.05) is 13.0 Å². The molecule has 18 heavy (non-hydrogen) atoms. The van der Waals surface area contributed by atoms with Gasteiger partial charge in [0, 0.05) is 17.0 Å². The standard InChI is InChI=1S/C12H11NO4S/c1-8-11(4-5-17-8)18-12-3-2-10(13(15)16)6-9(12)7-14/h2-6,14H,7H2,1H3. The molecule has 1 N–H and O–H groups in total. The van der Waals surface area contributed by atoms with Crippen molar-refractivity contribution in [1.82, 2.24) is 0 Å². The molecular formula is C12H11NO4S. The van der Waals surface area contributed by atoms with Crippen molar-refractivity contribution in [2.24, 2.45) is 0 Å². The fourth-order valence-electron chi connectivity index (χ4n) is 1.50. The van der Waals surface area contributed by atoms with E-state index in [0.717, 1.165) is 15.6 Å². The lowest BCUT2D eigenvalue weighted by molar-refractivity contribution is -0.385. The number of aliphatic hydroxyl groups excluding tert-OH is 1. The van der Waals surface area contributed by atoms with Gasteiger partial charge in [-0.1, -0.05) is 11.8 Å². The first-order chi connectivity index (χ1) is 8.61. The average Bonchev–Trinajstić information content (AvgIpc) is 2.75. The predicted molar refractivity (Wildman–Crippen MR) is 66.6 cm³/mol. The van der Waals surface area contributed by atoms with E-state index in [9.17, 15) is 15.2 Å². The lowest BCUT2D eigenvalue weighted by Crippen LogP contribution is -1.93. The number of nitrogens with zero attached hydrogens (tertiary/aromatic N) is 1. The van der Waals surface area contributed by atoms with Crippen LogP contribution in [0, 0.1) is 17.0 Å². The smallest absolute Gasteiger partial charge is 0.269 e. The third-order valence-electron chi connectivity index (χ3n) is 2.46. The molecule has 1 heterocycles. The van der Waals surface area contributed by atoms with Gasteiger partial charge in [0.05, 0.1) is 22.7 Å². The Morgan fingerprint density at radius 2 is 2.17 bits per heavy atom. The first-order valence-corrected chi connectivity index (χ1v) is 6.03. The molecule has 0 bridgehead atoms. The van der Waals surface area contributed by atoms with Crippen molar-refractivity contribution < 1.29 is 14.4 Å². The molecule has 2 rings (SSSR count). The van der Waals surface area contributed by atoms with Crippen molar-refractivity contribution in [2.45, 2.75) is 23.3 Å². The Balaban J connectivity index is 2.33. The van der Waals surface area contributed by atoms with Crippen LogP contribution in [-0.2, 0) is 6.61 Å². The molecule has 0 saturated carbocycles. The summed E-state index contributed by atoms with van der Waals surface area (Å²) in [6.45, 7) is 1.60. The number of aliphatic hydroxyl groups is 1. The molecule has 6 heteroatoms. The van der Waals surface area contributed by atoms with Crippen molar-refractivity contribution in [3.8, 4) is 0 Å². The fourth-order valence-corrected chi connectivity index (χ4v) is 2.44. The second kappa shape index (κ2) is 5.24. The van der Waals surface area contributed by atoms with Crippen molar-refractivity contribution in [3.63, 3.8) is 0 Å². The maximum atomic E-state index is 10.7. The largest absolute Gasteiger partial charge is 0.468 e. The molecule has 0 aliphatic rings. The minimum atomic E-state index is -0.475. The summed E-state index contributed by atoms with van der Waals surface area (Å²) in [4.78, 5) is 11.9. The van der Waals surface area contributed by atoms with Gasteiger partial charge in [-0.25, -0.2) is 0 Å². The van der Waals surface area contributed by atoms with Crippen LogP contribution in [0.5, 0.6) is 0 Å². The van der Waals surface area contributed by atoms with E-state index in [4.69, 9.17) is 4.42 Å². The Kier molecular flexibility index (Phi) is 3.69. The molecule has 0 spiro atoms. The zero-order chi connectivity index (χ0) is 13.1. The van der Waals surface area contributed by atoms with Gasteiger partial charge in [-0.05, 0) is 24.6 Å². The zero-order valence-corrected chi connectivity index (χ0v) is 10.4. The molecule has 0 atom stereocenters. The third kappa shape index (κ3) is 2.55. The van der Waals surface area contributed by atoms with Crippen LogP contribution in [0.3, 0.4) is 0 Å². The molecule has 0 radical (unpaired) electrons. The van der Waals surface area contributed by atoms with E-state index in [1.165, 1.54) is 23.9 Å². The summed E-state index contributed by atoms with van der Waals surface area (Å²) in [5, 5.41) is 19.9. The first-order valence-electron chi connectivity index (χ1n) is 5.22. The van der Waals surface area contributed by atoms with Crippen LogP contribution in [-0.4, -0.2) is 10.0 Å². The van der Waals surface area contributed by atoms with Gasteiger partial charge in [0.1, 0.15) is 5.76 Å². The van der Waals surface area contributed by atoms with Gasteiger partial charge in [-0.2, -0.15) is 0 Å². The summed E-state index contributed by atoms with van der Waals surface area (Å²) in [6.07, 6.45) is 1.58. The molecule has 2 aromatic rings. The summed E-state index contributed by atoms with van der Waals surface area (Å²) < 4.78 is 5.18. The van der Waals surface area contributed by atoms with Gasteiger partial charge < -0.3 is 9.52 Å². The molecule has 0 amide bonds. The Labute approximate surface area is 108 Å². The molecule has 1 aromatic heterocycles. The fraction of sp³-hybridized carbons (Fsp3) is 0.167. The lowest BCUT2D eigenvalue weighted by atomic mass is 10.2. The van der Waals surface area contributed by atoms with E-state index in [0.29, 0.717) is 5.56 Å². The third-order valence-corrected chi connectivity index (χ3v) is 3.72. The van der Waals surface area contributed by atoms with Crippen LogP contribution in [0.2, 0.25) is 0 Å². The summed E-state index contributed by atoms with van der Waals surface area (Å²) in [7, 11) is 0. The van der Waals surface area contributed by atoms with Crippen molar-refractivity contribution >= 4 is 17.4 Å². The molecule has 0 unspecified atom stereocenters. The summed E-state index contributed by atoms with van der Waals surface area (Å²) >= 11 is 1.42. The van der Waals surface area contributed by atoms with Crippen molar-refractivity contribution in [2.75, 3.05) is 0 Å². The maximum absolute atomic E-state index is 10.7. The average molecular weight is 265 g/mol. The highest BCUT2D eigenvalue weighted by molar-refractivity contribution is 7.99. The Morgan fingerprint density at radius 3 is 2.72 bits per heavy atom. The quantitative estimate of drug-likeness (QED) is 0.678. The number of nitro benzene ring substituents is 1. The van der Waals surface area contributed by atoms with E-state index < -0.39 is 4.92 Å². The minimum Gasteiger partial charge on any atom is -0.468 e. The second-order valence-electron chi connectivity index (χ2n) is 3.65. The number of aryl methyl sites for hydroxylation is 1. The number of furan rings is 1. The van der Waals surface area contributed by atoms with Gasteiger partial charge in [0.2, 0.25) is 0 Å². The van der Waals surface area contributed by atoms with Gasteiger partial charge in [-0.3, -0.25) is 10.1 Å². The van der Waals surface area contributed by atoms with Crippen molar-refractivity contribution in [3.05, 3.63) is 52.0 Å². The lowest BCUT2D eigenvalue weighted by Gasteiger charge is -2.06. The number of benzene rings is 1. The van der Waals surface area contributed by atoms with Gasteiger partial charge in [0.15, 0.2) is 0 Å². The van der Waals surface area contributed by atoms with Gasteiger partial charge >= 0.3 is 0 Å². The van der Waals surface area contributed by atoms with Gasteiger partial charge in [0.25, 0.3) is 5.69 Å². The van der Waals surface area contributed by atoms with E-state index in [-0.39, 0.29) is 12.3 Å². The Bertz CT molecular complexity index is 579. The summed E-state index contributed by atoms with van der Waals surface area (Å²) in [5.74, 6) is 0.780. The monoisotopic (exact) mass is 265 g/mol. The molecule has 1 aromatic carbocycles. The Morgan fingerprint density at radius 1 is 1.39 bits per heavy atom. The number of hydrogen-bond acceptors (Lipinski definition) is 5. The molecule has 94 valence electrons. The summed E-state index contributed by atoms with van der Waals surface area (Å²) in [6, 6.07) is 6.28. The van der Waals surface area contributed by atoms with Crippen LogP contribution in [0.15, 0.2) is 44.7 Å². The highest BCUT2D eigenvalue weighted by Crippen LogP contribution is 2.34. The summed E-state index contributed by atoms with van der Waals surface area (Å²) in [5.41, 5.74) is 0.516. The predicted octanol–water partition coefficient (Wildman–Crippen LogP) is 3.14. The molecular weight excluding hydrogens is 254 g/mol. The highest BCUT2D eigenvalue weighted by atomic mass is 32.2. The number of rotatable bonds is 4. The van der Waals surface area contributed by atoms with E-state index in [1.54, 1.807) is 12.3 Å². The van der Waals surface area contributed by atoms with Crippen molar-refractivity contribution in [1.29, 1.82) is 0 Å². The van der Waals surface area contributed by atoms with E-state index in [2.05, 4.69) is 0 Å².